The van der Waals surface area contributed by atoms with Gasteiger partial charge in [-0.3, -0.25) is 4.90 Å². The quantitative estimate of drug-likeness (QED) is 0.818. The Balaban J connectivity index is 2.12. The molecule has 1 aliphatic heterocycles. The zero-order chi connectivity index (χ0) is 13.1. The molecule has 2 rings (SSSR count). The van der Waals surface area contributed by atoms with Crippen molar-refractivity contribution < 1.29 is 9.84 Å². The molecule has 0 aromatic heterocycles. The molecule has 0 aliphatic carbocycles. The number of aliphatic hydroxyl groups is 1. The van der Waals surface area contributed by atoms with E-state index in [1.54, 1.807) is 0 Å². The van der Waals surface area contributed by atoms with Gasteiger partial charge >= 0.3 is 0 Å². The van der Waals surface area contributed by atoms with Crippen molar-refractivity contribution in [2.24, 2.45) is 0 Å². The fourth-order valence-corrected chi connectivity index (χ4v) is 2.39. The van der Waals surface area contributed by atoms with E-state index in [1.165, 1.54) is 0 Å². The lowest BCUT2D eigenvalue weighted by Gasteiger charge is -2.37. The van der Waals surface area contributed by atoms with Crippen LogP contribution in [-0.2, 0) is 11.3 Å². The van der Waals surface area contributed by atoms with Gasteiger partial charge in [0, 0.05) is 35.4 Å². The fraction of sp³-hybridized carbons (Fsp3) is 0.538. The number of nitrogens with zero attached hydrogens (tertiary/aromatic N) is 1. The van der Waals surface area contributed by atoms with E-state index in [4.69, 9.17) is 27.2 Å². The Kier molecular flexibility index (Phi) is 4.45. The molecule has 0 radical (unpaired) electrons. The molecule has 1 aromatic carbocycles. The highest BCUT2D eigenvalue weighted by atomic mass is 35.5. The molecular weight excluding hydrogens is 252 g/mol. The topological polar surface area (TPSA) is 58.7 Å². The first kappa shape index (κ1) is 13.6. The third-order valence-electron chi connectivity index (χ3n) is 3.35. The van der Waals surface area contributed by atoms with Gasteiger partial charge in [0.1, 0.15) is 0 Å². The largest absolute Gasteiger partial charge is 0.398 e. The van der Waals surface area contributed by atoms with Gasteiger partial charge in [0.25, 0.3) is 0 Å². The predicted octanol–water partition coefficient (Wildman–Crippen LogP) is 1.50. The van der Waals surface area contributed by atoms with Crippen molar-refractivity contribution in [1.29, 1.82) is 0 Å². The van der Waals surface area contributed by atoms with Gasteiger partial charge in [-0.05, 0) is 19.1 Å². The number of nitrogens with two attached hydrogens (primary N) is 1. The summed E-state index contributed by atoms with van der Waals surface area (Å²) in [5.41, 5.74) is 7.62. The SMILES string of the molecule is CC1COC(CO)CN1Cc1c(N)cccc1Cl. The summed E-state index contributed by atoms with van der Waals surface area (Å²) in [6.45, 7) is 4.15. The molecule has 1 aliphatic rings. The van der Waals surface area contributed by atoms with Crippen LogP contribution in [0.4, 0.5) is 5.69 Å². The van der Waals surface area contributed by atoms with Crippen LogP contribution in [0.2, 0.25) is 5.02 Å². The molecule has 1 aromatic rings. The highest BCUT2D eigenvalue weighted by Crippen LogP contribution is 2.25. The van der Waals surface area contributed by atoms with E-state index in [0.29, 0.717) is 36.4 Å². The van der Waals surface area contributed by atoms with Gasteiger partial charge in [-0.2, -0.15) is 0 Å². The summed E-state index contributed by atoms with van der Waals surface area (Å²) in [5, 5.41) is 9.86. The second-order valence-electron chi connectivity index (χ2n) is 4.72. The summed E-state index contributed by atoms with van der Waals surface area (Å²) in [7, 11) is 0. The number of anilines is 1. The van der Waals surface area contributed by atoms with Gasteiger partial charge in [-0.25, -0.2) is 0 Å². The molecule has 2 atom stereocenters. The molecule has 0 bridgehead atoms. The second kappa shape index (κ2) is 5.89. The first-order chi connectivity index (χ1) is 8.61. The molecule has 1 heterocycles. The minimum absolute atomic E-state index is 0.0429. The van der Waals surface area contributed by atoms with Crippen LogP contribution in [0.5, 0.6) is 0 Å². The molecule has 100 valence electrons. The molecule has 1 fully saturated rings. The Morgan fingerprint density at radius 3 is 3.00 bits per heavy atom. The van der Waals surface area contributed by atoms with Crippen molar-refractivity contribution >= 4 is 17.3 Å². The first-order valence-electron chi connectivity index (χ1n) is 6.11. The molecular formula is C13H19ClN2O2. The van der Waals surface area contributed by atoms with Crippen LogP contribution in [0.1, 0.15) is 12.5 Å². The van der Waals surface area contributed by atoms with E-state index < -0.39 is 0 Å². The van der Waals surface area contributed by atoms with E-state index in [2.05, 4.69) is 11.8 Å². The molecule has 1 saturated heterocycles. The lowest BCUT2D eigenvalue weighted by Crippen LogP contribution is -2.48. The maximum atomic E-state index is 9.17. The minimum atomic E-state index is -0.120. The normalized spacial score (nSPS) is 25.3. The number of benzene rings is 1. The number of morpholine rings is 1. The van der Waals surface area contributed by atoms with Crippen LogP contribution in [0.25, 0.3) is 0 Å². The monoisotopic (exact) mass is 270 g/mol. The summed E-state index contributed by atoms with van der Waals surface area (Å²) in [6, 6.07) is 5.85. The number of ether oxygens (including phenoxy) is 1. The Morgan fingerprint density at radius 1 is 1.56 bits per heavy atom. The van der Waals surface area contributed by atoms with Crippen LogP contribution in [0.3, 0.4) is 0 Å². The number of hydrogen-bond donors (Lipinski definition) is 2. The zero-order valence-corrected chi connectivity index (χ0v) is 11.2. The molecule has 0 amide bonds. The lowest BCUT2D eigenvalue weighted by atomic mass is 10.1. The van der Waals surface area contributed by atoms with E-state index in [9.17, 15) is 0 Å². The average Bonchev–Trinajstić information content (AvgIpc) is 2.36. The predicted molar refractivity (Wildman–Crippen MR) is 72.6 cm³/mol. The van der Waals surface area contributed by atoms with Crippen LogP contribution in [0, 0.1) is 0 Å². The first-order valence-corrected chi connectivity index (χ1v) is 6.49. The van der Waals surface area contributed by atoms with E-state index in [1.807, 2.05) is 18.2 Å². The van der Waals surface area contributed by atoms with E-state index in [-0.39, 0.29) is 12.7 Å². The molecule has 2 unspecified atom stereocenters. The molecule has 4 nitrogen and oxygen atoms in total. The van der Waals surface area contributed by atoms with Gasteiger partial charge in [-0.15, -0.1) is 0 Å². The fourth-order valence-electron chi connectivity index (χ4n) is 2.15. The molecule has 0 saturated carbocycles. The summed E-state index contributed by atoms with van der Waals surface area (Å²) in [5.74, 6) is 0. The number of nitrogen functional groups attached to an aromatic ring is 1. The van der Waals surface area contributed by atoms with Gasteiger partial charge in [0.15, 0.2) is 0 Å². The molecule has 3 N–H and O–H groups in total. The maximum Gasteiger partial charge on any atom is 0.0933 e. The van der Waals surface area contributed by atoms with Crippen molar-refractivity contribution in [1.82, 2.24) is 4.90 Å². The lowest BCUT2D eigenvalue weighted by molar-refractivity contribution is -0.0804. The Bertz CT molecular complexity index is 394. The summed E-state index contributed by atoms with van der Waals surface area (Å²) in [6.07, 6.45) is -0.120. The second-order valence-corrected chi connectivity index (χ2v) is 5.13. The van der Waals surface area contributed by atoms with Gasteiger partial charge in [-0.1, -0.05) is 17.7 Å². The van der Waals surface area contributed by atoms with Crippen LogP contribution in [-0.4, -0.2) is 41.9 Å². The van der Waals surface area contributed by atoms with E-state index in [0.717, 1.165) is 5.56 Å². The van der Waals surface area contributed by atoms with Crippen molar-refractivity contribution in [3.05, 3.63) is 28.8 Å². The third kappa shape index (κ3) is 2.95. The molecule has 18 heavy (non-hydrogen) atoms. The Hall–Kier alpha value is -0.810. The third-order valence-corrected chi connectivity index (χ3v) is 3.71. The summed E-state index contributed by atoms with van der Waals surface area (Å²) < 4.78 is 5.51. The smallest absolute Gasteiger partial charge is 0.0933 e. The highest BCUT2D eigenvalue weighted by molar-refractivity contribution is 6.31. The average molecular weight is 271 g/mol. The van der Waals surface area contributed by atoms with E-state index >= 15 is 0 Å². The number of hydrogen-bond acceptors (Lipinski definition) is 4. The Labute approximate surface area is 112 Å². The van der Waals surface area contributed by atoms with Crippen molar-refractivity contribution in [2.75, 3.05) is 25.5 Å². The van der Waals surface area contributed by atoms with Crippen molar-refractivity contribution in [3.8, 4) is 0 Å². The van der Waals surface area contributed by atoms with Crippen molar-refractivity contribution in [3.63, 3.8) is 0 Å². The van der Waals surface area contributed by atoms with Gasteiger partial charge < -0.3 is 15.6 Å². The minimum Gasteiger partial charge on any atom is -0.398 e. The number of rotatable bonds is 3. The zero-order valence-electron chi connectivity index (χ0n) is 10.5. The molecule has 5 heteroatoms. The maximum absolute atomic E-state index is 9.17. The van der Waals surface area contributed by atoms with Gasteiger partial charge in [0.2, 0.25) is 0 Å². The van der Waals surface area contributed by atoms with Crippen molar-refractivity contribution in [2.45, 2.75) is 25.6 Å². The number of aliphatic hydroxyl groups excluding tert-OH is 1. The summed E-state index contributed by atoms with van der Waals surface area (Å²) in [4.78, 5) is 2.24. The summed E-state index contributed by atoms with van der Waals surface area (Å²) >= 11 is 6.18. The highest BCUT2D eigenvalue weighted by Gasteiger charge is 2.26. The molecule has 0 spiro atoms. The van der Waals surface area contributed by atoms with Crippen LogP contribution < -0.4 is 5.73 Å². The van der Waals surface area contributed by atoms with Crippen LogP contribution >= 0.6 is 11.6 Å². The van der Waals surface area contributed by atoms with Gasteiger partial charge in [0.05, 0.1) is 19.3 Å². The van der Waals surface area contributed by atoms with Crippen LogP contribution in [0.15, 0.2) is 18.2 Å². The number of halogens is 1. The standard InChI is InChI=1S/C13H19ClN2O2/c1-9-8-18-10(7-17)5-16(9)6-11-12(14)3-2-4-13(11)15/h2-4,9-10,17H,5-8,15H2,1H3. The Morgan fingerprint density at radius 2 is 2.33 bits per heavy atom.